The maximum Gasteiger partial charge on any atom is 0.500 e. The lowest BCUT2D eigenvalue weighted by molar-refractivity contribution is 0.123. The van der Waals surface area contributed by atoms with Crippen molar-refractivity contribution in [2.75, 3.05) is 41.0 Å². The summed E-state index contributed by atoms with van der Waals surface area (Å²) in [7, 11) is 2.62. The van der Waals surface area contributed by atoms with Crippen LogP contribution in [0.2, 0.25) is 6.04 Å². The molecule has 2 N–H and O–H groups in total. The Balaban J connectivity index is 1.86. The molecule has 0 aliphatic rings. The molecule has 0 aliphatic heterocycles. The summed E-state index contributed by atoms with van der Waals surface area (Å²) in [5, 5.41) is 7.00. The lowest BCUT2D eigenvalue weighted by Gasteiger charge is -2.24. The first-order valence-electron chi connectivity index (χ1n) is 9.37. The predicted molar refractivity (Wildman–Crippen MR) is 106 cm³/mol. The molecule has 0 saturated heterocycles. The highest BCUT2D eigenvalue weighted by molar-refractivity contribution is 6.60. The molecule has 1 rings (SSSR count). The molecule has 0 radical (unpaired) electrons. The summed E-state index contributed by atoms with van der Waals surface area (Å²) in [4.78, 5) is 0. The van der Waals surface area contributed by atoms with Gasteiger partial charge in [0.1, 0.15) is 0 Å². The smallest absolute Gasteiger partial charge is 0.377 e. The highest BCUT2D eigenvalue weighted by atomic mass is 28.4. The maximum atomic E-state index is 5.42. The van der Waals surface area contributed by atoms with E-state index in [1.165, 1.54) is 31.2 Å². The van der Waals surface area contributed by atoms with E-state index < -0.39 is 8.80 Å². The second-order valence-electron chi connectivity index (χ2n) is 6.23. The topological polar surface area (TPSA) is 51.8 Å². The lowest BCUT2D eigenvalue weighted by atomic mass is 10.2. The molecule has 0 aromatic heterocycles. The maximum absolute atomic E-state index is 5.42. The van der Waals surface area contributed by atoms with Gasteiger partial charge < -0.3 is 23.9 Å². The van der Waals surface area contributed by atoms with Gasteiger partial charge in [-0.05, 0) is 44.5 Å². The van der Waals surface area contributed by atoms with E-state index in [0.29, 0.717) is 0 Å². The number of hydrogen-bond acceptors (Lipinski definition) is 5. The Bertz CT molecular complexity index is 408. The summed E-state index contributed by atoms with van der Waals surface area (Å²) in [6, 6.07) is 11.4. The Morgan fingerprint density at radius 1 is 0.720 bits per heavy atom. The Morgan fingerprint density at radius 2 is 1.28 bits per heavy atom. The van der Waals surface area contributed by atoms with Crippen molar-refractivity contribution in [1.82, 2.24) is 10.6 Å². The van der Waals surface area contributed by atoms with Gasteiger partial charge >= 0.3 is 8.80 Å². The van der Waals surface area contributed by atoms with Crippen LogP contribution in [0.15, 0.2) is 30.3 Å². The molecule has 0 saturated carbocycles. The van der Waals surface area contributed by atoms with E-state index in [1.54, 1.807) is 21.3 Å². The predicted octanol–water partition coefficient (Wildman–Crippen LogP) is 3.19. The molecule has 1 aromatic carbocycles. The van der Waals surface area contributed by atoms with Crippen LogP contribution in [0, 0.1) is 0 Å². The zero-order chi connectivity index (χ0) is 18.2. The second-order valence-corrected chi connectivity index (χ2v) is 9.32. The third-order valence-corrected chi connectivity index (χ3v) is 7.23. The second kappa shape index (κ2) is 14.4. The largest absolute Gasteiger partial charge is 0.500 e. The first kappa shape index (κ1) is 22.3. The molecule has 25 heavy (non-hydrogen) atoms. The molecule has 144 valence electrons. The summed E-state index contributed by atoms with van der Waals surface area (Å²) in [6.07, 6.45) is 6.07. The van der Waals surface area contributed by atoms with Gasteiger partial charge in [0, 0.05) is 33.9 Å². The molecule has 5 nitrogen and oxygen atoms in total. The van der Waals surface area contributed by atoms with Crippen molar-refractivity contribution in [1.29, 1.82) is 0 Å². The van der Waals surface area contributed by atoms with Gasteiger partial charge in [-0.1, -0.05) is 43.2 Å². The van der Waals surface area contributed by atoms with Crippen molar-refractivity contribution in [3.8, 4) is 0 Å². The van der Waals surface area contributed by atoms with Crippen LogP contribution in [0.3, 0.4) is 0 Å². The van der Waals surface area contributed by atoms with Gasteiger partial charge in [0.05, 0.1) is 0 Å². The number of hydrogen-bond donors (Lipinski definition) is 2. The van der Waals surface area contributed by atoms with E-state index in [9.17, 15) is 0 Å². The summed E-state index contributed by atoms with van der Waals surface area (Å²) < 4.78 is 16.3. The van der Waals surface area contributed by atoms with Gasteiger partial charge in [-0.25, -0.2) is 0 Å². The average molecular weight is 369 g/mol. The SMILES string of the molecule is CO[Si](CCCNCCCCCCNCc1ccccc1)(OC)OC. The summed E-state index contributed by atoms with van der Waals surface area (Å²) >= 11 is 0. The van der Waals surface area contributed by atoms with E-state index in [2.05, 4.69) is 41.0 Å². The van der Waals surface area contributed by atoms with E-state index in [-0.39, 0.29) is 0 Å². The minimum Gasteiger partial charge on any atom is -0.377 e. The fraction of sp³-hybridized carbons (Fsp3) is 0.684. The first-order chi connectivity index (χ1) is 12.3. The Labute approximate surface area is 154 Å². The first-order valence-corrected chi connectivity index (χ1v) is 11.3. The fourth-order valence-corrected chi connectivity index (χ4v) is 4.52. The number of benzene rings is 1. The van der Waals surface area contributed by atoms with Crippen LogP contribution in [-0.2, 0) is 19.8 Å². The minimum atomic E-state index is -2.38. The Kier molecular flexibility index (Phi) is 12.8. The van der Waals surface area contributed by atoms with Gasteiger partial charge in [0.25, 0.3) is 0 Å². The molecule has 1 aromatic rings. The van der Waals surface area contributed by atoms with E-state index >= 15 is 0 Å². The van der Waals surface area contributed by atoms with E-state index in [4.69, 9.17) is 13.3 Å². The van der Waals surface area contributed by atoms with Crippen LogP contribution in [0.5, 0.6) is 0 Å². The van der Waals surface area contributed by atoms with Crippen molar-refractivity contribution in [3.05, 3.63) is 35.9 Å². The Morgan fingerprint density at radius 3 is 1.88 bits per heavy atom. The van der Waals surface area contributed by atoms with Gasteiger partial charge in [-0.2, -0.15) is 0 Å². The van der Waals surface area contributed by atoms with Crippen LogP contribution in [0.25, 0.3) is 0 Å². The van der Waals surface area contributed by atoms with Crippen molar-refractivity contribution < 1.29 is 13.3 Å². The van der Waals surface area contributed by atoms with Crippen LogP contribution < -0.4 is 10.6 Å². The normalized spacial score (nSPS) is 11.8. The third kappa shape index (κ3) is 10.1. The molecule has 0 aliphatic carbocycles. The van der Waals surface area contributed by atoms with Crippen LogP contribution >= 0.6 is 0 Å². The molecule has 6 heteroatoms. The lowest BCUT2D eigenvalue weighted by Crippen LogP contribution is -2.43. The molecule has 0 unspecified atom stereocenters. The van der Waals surface area contributed by atoms with Crippen molar-refractivity contribution in [3.63, 3.8) is 0 Å². The molecule has 0 bridgehead atoms. The molecule has 0 heterocycles. The van der Waals surface area contributed by atoms with Gasteiger partial charge in [-0.15, -0.1) is 0 Å². The minimum absolute atomic E-state index is 0.858. The molecule has 0 fully saturated rings. The van der Waals surface area contributed by atoms with E-state index in [0.717, 1.165) is 38.6 Å². The zero-order valence-corrected chi connectivity index (χ0v) is 17.2. The van der Waals surface area contributed by atoms with Gasteiger partial charge in [-0.3, -0.25) is 0 Å². The highest BCUT2D eigenvalue weighted by Gasteiger charge is 2.36. The van der Waals surface area contributed by atoms with Crippen molar-refractivity contribution in [2.45, 2.75) is 44.7 Å². The molecule has 0 atom stereocenters. The standard InChI is InChI=1S/C19H36N2O3Si/c1-22-25(23-2,24-3)17-11-16-20-14-9-4-5-10-15-21-18-19-12-7-6-8-13-19/h6-8,12-13,20-21H,4-5,9-11,14-18H2,1-3H3. The molecule has 0 spiro atoms. The van der Waals surface area contributed by atoms with Gasteiger partial charge in [0.15, 0.2) is 0 Å². The summed E-state index contributed by atoms with van der Waals surface area (Å²) in [5.41, 5.74) is 1.36. The monoisotopic (exact) mass is 368 g/mol. The summed E-state index contributed by atoms with van der Waals surface area (Å²) in [5.74, 6) is 0. The van der Waals surface area contributed by atoms with Crippen LogP contribution in [-0.4, -0.2) is 49.8 Å². The van der Waals surface area contributed by atoms with Crippen molar-refractivity contribution in [2.24, 2.45) is 0 Å². The zero-order valence-electron chi connectivity index (χ0n) is 16.2. The molecule has 0 amide bonds. The fourth-order valence-electron chi connectivity index (χ4n) is 2.79. The number of unbranched alkanes of at least 4 members (excludes halogenated alkanes) is 3. The van der Waals surface area contributed by atoms with E-state index in [1.807, 2.05) is 0 Å². The van der Waals surface area contributed by atoms with Gasteiger partial charge in [0.2, 0.25) is 0 Å². The Hall–Kier alpha value is -0.763. The summed E-state index contributed by atoms with van der Waals surface area (Å²) in [6.45, 7) is 4.14. The van der Waals surface area contributed by atoms with Crippen molar-refractivity contribution >= 4 is 8.80 Å². The quantitative estimate of drug-likeness (QED) is 0.347. The number of rotatable bonds is 16. The third-order valence-electron chi connectivity index (χ3n) is 4.40. The number of nitrogens with one attached hydrogen (secondary N) is 2. The molecular weight excluding hydrogens is 332 g/mol. The highest BCUT2D eigenvalue weighted by Crippen LogP contribution is 2.14. The average Bonchev–Trinajstić information content (AvgIpc) is 2.67. The molecular formula is C19H36N2O3Si. The van der Waals surface area contributed by atoms with Crippen LogP contribution in [0.4, 0.5) is 0 Å². The van der Waals surface area contributed by atoms with Crippen LogP contribution in [0.1, 0.15) is 37.7 Å².